The molecule has 0 atom stereocenters. The first-order valence-corrected chi connectivity index (χ1v) is 8.57. The number of hydrogen-bond donors (Lipinski definition) is 0. The van der Waals surface area contributed by atoms with Crippen LogP contribution in [0.1, 0.15) is 52.5 Å². The summed E-state index contributed by atoms with van der Waals surface area (Å²) in [7, 11) is 0. The molecular weight excluding hydrogens is 264 g/mol. The van der Waals surface area contributed by atoms with E-state index in [9.17, 15) is 0 Å². The zero-order valence-corrected chi connectivity index (χ0v) is 14.8. The molecule has 0 fully saturated rings. The second-order valence-corrected chi connectivity index (χ2v) is 4.89. The Balaban J connectivity index is 0.000000540. The topological polar surface area (TPSA) is 0 Å². The van der Waals surface area contributed by atoms with Crippen LogP contribution < -0.4 is 0 Å². The molecule has 22 heavy (non-hydrogen) atoms. The minimum Gasteiger partial charge on any atom is -0.103 e. The quantitative estimate of drug-likeness (QED) is 0.507. The zero-order valence-electron chi connectivity index (χ0n) is 14.8. The molecule has 0 bridgehead atoms. The van der Waals surface area contributed by atoms with Gasteiger partial charge in [-0.15, -0.1) is 6.58 Å². The number of benzene rings is 2. The van der Waals surface area contributed by atoms with Gasteiger partial charge in [0.25, 0.3) is 0 Å². The van der Waals surface area contributed by atoms with Crippen molar-refractivity contribution in [1.82, 2.24) is 0 Å². The van der Waals surface area contributed by atoms with Gasteiger partial charge < -0.3 is 0 Å². The van der Waals surface area contributed by atoms with Crippen LogP contribution in [0.2, 0.25) is 0 Å². The van der Waals surface area contributed by atoms with E-state index < -0.39 is 0 Å². The molecule has 0 unspecified atom stereocenters. The molecule has 2 aromatic carbocycles. The van der Waals surface area contributed by atoms with Gasteiger partial charge in [0.2, 0.25) is 0 Å². The lowest BCUT2D eigenvalue weighted by Crippen LogP contribution is -1.83. The maximum Gasteiger partial charge on any atom is -0.0184 e. The predicted octanol–water partition coefficient (Wildman–Crippen LogP) is 7.30. The molecule has 0 aliphatic carbocycles. The van der Waals surface area contributed by atoms with Crippen LogP contribution in [-0.4, -0.2) is 0 Å². The van der Waals surface area contributed by atoms with Crippen molar-refractivity contribution in [1.29, 1.82) is 0 Å². The van der Waals surface area contributed by atoms with Crippen LogP contribution in [0.5, 0.6) is 0 Å². The summed E-state index contributed by atoms with van der Waals surface area (Å²) < 4.78 is 0. The normalized spacial score (nSPS) is 8.91. The van der Waals surface area contributed by atoms with E-state index in [0.29, 0.717) is 0 Å². The maximum absolute atomic E-state index is 3.55. The molecule has 0 radical (unpaired) electrons. The molecule has 0 heteroatoms. The largest absolute Gasteiger partial charge is 0.103 e. The summed E-state index contributed by atoms with van der Waals surface area (Å²) in [6.07, 6.45) is 6.70. The molecule has 0 heterocycles. The van der Waals surface area contributed by atoms with E-state index >= 15 is 0 Å². The third kappa shape index (κ3) is 8.46. The molecule has 0 aliphatic rings. The fourth-order valence-electron chi connectivity index (χ4n) is 1.99. The van der Waals surface area contributed by atoms with E-state index in [1.54, 1.807) is 0 Å². The second-order valence-electron chi connectivity index (χ2n) is 4.89. The lowest BCUT2D eigenvalue weighted by atomic mass is 10.0. The molecule has 2 aromatic rings. The van der Waals surface area contributed by atoms with Gasteiger partial charge in [0.05, 0.1) is 0 Å². The Morgan fingerprint density at radius 2 is 1.32 bits per heavy atom. The van der Waals surface area contributed by atoms with Crippen LogP contribution >= 0.6 is 0 Å². The molecular formula is C22H32. The molecule has 0 saturated heterocycles. The van der Waals surface area contributed by atoms with E-state index in [4.69, 9.17) is 0 Å². The molecule has 120 valence electrons. The number of hydrogen-bond acceptors (Lipinski definition) is 0. The smallest absolute Gasteiger partial charge is 0.0184 e. The van der Waals surface area contributed by atoms with Crippen LogP contribution in [-0.2, 0) is 6.42 Å². The van der Waals surface area contributed by atoms with Gasteiger partial charge in [-0.2, -0.15) is 0 Å². The summed E-state index contributed by atoms with van der Waals surface area (Å²) in [4.78, 5) is 0. The molecule has 0 spiro atoms. The highest BCUT2D eigenvalue weighted by atomic mass is 14.0. The summed E-state index contributed by atoms with van der Waals surface area (Å²) >= 11 is 0. The first kappa shape index (κ1) is 20.2. The van der Waals surface area contributed by atoms with E-state index in [2.05, 4.69) is 75.0 Å². The molecule has 0 saturated carbocycles. The minimum absolute atomic E-state index is 1.15. The van der Waals surface area contributed by atoms with Crippen LogP contribution in [0, 0.1) is 0 Å². The third-order valence-electron chi connectivity index (χ3n) is 3.09. The monoisotopic (exact) mass is 296 g/mol. The highest BCUT2D eigenvalue weighted by Crippen LogP contribution is 2.19. The third-order valence-corrected chi connectivity index (χ3v) is 3.09. The molecule has 0 nitrogen and oxygen atoms in total. The lowest BCUT2D eigenvalue weighted by Gasteiger charge is -2.03. The first-order valence-electron chi connectivity index (χ1n) is 8.57. The van der Waals surface area contributed by atoms with Crippen molar-refractivity contribution in [3.05, 3.63) is 72.8 Å². The van der Waals surface area contributed by atoms with E-state index in [0.717, 1.165) is 6.42 Å². The molecule has 0 aromatic heterocycles. The molecule has 0 aliphatic heterocycles. The Labute approximate surface area is 137 Å². The van der Waals surface area contributed by atoms with Crippen molar-refractivity contribution < 1.29 is 0 Å². The summed E-state index contributed by atoms with van der Waals surface area (Å²) in [5.41, 5.74) is 4.02. The predicted molar refractivity (Wildman–Crippen MR) is 102 cm³/mol. The van der Waals surface area contributed by atoms with Gasteiger partial charge in [-0.25, -0.2) is 0 Å². The zero-order chi connectivity index (χ0) is 16.6. The highest BCUT2D eigenvalue weighted by molar-refractivity contribution is 5.63. The van der Waals surface area contributed by atoms with Crippen LogP contribution in [0.4, 0.5) is 0 Å². The Hall–Kier alpha value is -1.82. The van der Waals surface area contributed by atoms with Crippen LogP contribution in [0.15, 0.2) is 67.3 Å². The van der Waals surface area contributed by atoms with Gasteiger partial charge in [-0.1, -0.05) is 101 Å². The molecule has 0 N–H and O–H groups in total. The number of rotatable bonds is 5. The fraction of sp³-hybridized carbons (Fsp3) is 0.364. The number of allylic oxidation sites excluding steroid dienone is 1. The van der Waals surface area contributed by atoms with E-state index in [-0.39, 0.29) is 0 Å². The Morgan fingerprint density at radius 3 is 1.73 bits per heavy atom. The first-order chi connectivity index (χ1) is 10.8. The summed E-state index contributed by atoms with van der Waals surface area (Å²) in [5, 5.41) is 0. The fourth-order valence-corrected chi connectivity index (χ4v) is 1.99. The van der Waals surface area contributed by atoms with Crippen molar-refractivity contribution in [2.24, 2.45) is 0 Å². The van der Waals surface area contributed by atoms with E-state index in [1.165, 1.54) is 36.0 Å². The average Bonchev–Trinajstić information content (AvgIpc) is 2.60. The Kier molecular flexibility index (Phi) is 13.0. The second kappa shape index (κ2) is 14.1. The standard InChI is InChI=1S/C15H16.C5H10.C2H6/c1-2-6-13-9-11-15(12-10-13)14-7-4-3-5-8-14;1-3-5-4-2;1-2/h3-5,7-12H,2,6H2,1H3;3H,1,4-5H2,2H3;1-2H3. The molecule has 0 amide bonds. The van der Waals surface area contributed by atoms with Crippen molar-refractivity contribution in [2.45, 2.75) is 53.4 Å². The minimum atomic E-state index is 1.15. The van der Waals surface area contributed by atoms with Gasteiger partial charge in [0, 0.05) is 0 Å². The Bertz CT molecular complexity index is 465. The number of aryl methyl sites for hydroxylation is 1. The van der Waals surface area contributed by atoms with Crippen LogP contribution in [0.25, 0.3) is 11.1 Å². The summed E-state index contributed by atoms with van der Waals surface area (Å²) in [6.45, 7) is 11.9. The highest BCUT2D eigenvalue weighted by Gasteiger charge is 1.96. The van der Waals surface area contributed by atoms with Gasteiger partial charge in [-0.05, 0) is 29.5 Å². The van der Waals surface area contributed by atoms with Gasteiger partial charge in [-0.3, -0.25) is 0 Å². The van der Waals surface area contributed by atoms with Gasteiger partial charge in [0.1, 0.15) is 0 Å². The Morgan fingerprint density at radius 1 is 0.773 bits per heavy atom. The van der Waals surface area contributed by atoms with Gasteiger partial charge in [0.15, 0.2) is 0 Å². The van der Waals surface area contributed by atoms with Crippen molar-refractivity contribution in [3.8, 4) is 11.1 Å². The van der Waals surface area contributed by atoms with E-state index in [1.807, 2.05) is 19.9 Å². The lowest BCUT2D eigenvalue weighted by molar-refractivity contribution is 0.922. The summed E-state index contributed by atoms with van der Waals surface area (Å²) in [5.74, 6) is 0. The SMILES string of the molecule is C=CCCC.CC.CCCc1ccc(-c2ccccc2)cc1. The maximum atomic E-state index is 3.55. The summed E-state index contributed by atoms with van der Waals surface area (Å²) in [6, 6.07) is 19.4. The average molecular weight is 296 g/mol. The van der Waals surface area contributed by atoms with Crippen molar-refractivity contribution in [3.63, 3.8) is 0 Å². The van der Waals surface area contributed by atoms with Crippen LogP contribution in [0.3, 0.4) is 0 Å². The molecule has 2 rings (SSSR count). The van der Waals surface area contributed by atoms with Crippen molar-refractivity contribution >= 4 is 0 Å². The van der Waals surface area contributed by atoms with Crippen molar-refractivity contribution in [2.75, 3.05) is 0 Å². The van der Waals surface area contributed by atoms with Gasteiger partial charge >= 0.3 is 0 Å². The number of unbranched alkanes of at least 4 members (excludes halogenated alkanes) is 1.